The van der Waals surface area contributed by atoms with Crippen LogP contribution in [-0.4, -0.2) is 60.6 Å². The van der Waals surface area contributed by atoms with Crippen molar-refractivity contribution in [1.29, 1.82) is 10.5 Å². The van der Waals surface area contributed by atoms with Crippen molar-refractivity contribution in [2.45, 2.75) is 57.1 Å². The number of rotatable bonds is 7. The van der Waals surface area contributed by atoms with Gasteiger partial charge in [-0.2, -0.15) is 10.5 Å². The van der Waals surface area contributed by atoms with E-state index in [2.05, 4.69) is 17.0 Å². The third-order valence-corrected chi connectivity index (χ3v) is 5.88. The van der Waals surface area contributed by atoms with Gasteiger partial charge in [-0.1, -0.05) is 6.42 Å². The molecule has 2 saturated heterocycles. The molecule has 1 saturated carbocycles. The molecule has 2 atom stereocenters. The van der Waals surface area contributed by atoms with E-state index in [9.17, 15) is 4.79 Å². The standard InChI is InChI=1S/C18H26N4O2/c19-8-3-10-21(11-4-9-20)16(23)13-22-14-18(6-2-7-18)17(22)15-5-1-12-24-15/h15,17H,1-7,10-14H2. The van der Waals surface area contributed by atoms with Crippen LogP contribution in [-0.2, 0) is 9.53 Å². The van der Waals surface area contributed by atoms with Gasteiger partial charge in [-0.3, -0.25) is 9.69 Å². The Morgan fingerprint density at radius 1 is 1.21 bits per heavy atom. The van der Waals surface area contributed by atoms with Crippen LogP contribution in [0.5, 0.6) is 0 Å². The topological polar surface area (TPSA) is 80.4 Å². The lowest BCUT2D eigenvalue weighted by molar-refractivity contribution is -0.178. The zero-order valence-corrected chi connectivity index (χ0v) is 14.2. The highest BCUT2D eigenvalue weighted by Crippen LogP contribution is 2.55. The molecule has 0 N–H and O–H groups in total. The van der Waals surface area contributed by atoms with Crippen LogP contribution in [0.2, 0.25) is 0 Å². The SMILES string of the molecule is N#CCCN(CCC#N)C(=O)CN1CC2(CCC2)C1C1CCCO1. The molecular formula is C18H26N4O2. The van der Waals surface area contributed by atoms with Gasteiger partial charge in [0, 0.05) is 37.7 Å². The molecule has 0 radical (unpaired) electrons. The van der Waals surface area contributed by atoms with E-state index < -0.39 is 0 Å². The molecule has 130 valence electrons. The van der Waals surface area contributed by atoms with E-state index in [4.69, 9.17) is 15.3 Å². The number of hydrogen-bond donors (Lipinski definition) is 0. The summed E-state index contributed by atoms with van der Waals surface area (Å²) >= 11 is 0. The van der Waals surface area contributed by atoms with Gasteiger partial charge in [0.05, 0.1) is 37.6 Å². The number of carbonyl (C=O) groups is 1. The summed E-state index contributed by atoms with van der Waals surface area (Å²) in [4.78, 5) is 16.6. The molecule has 2 heterocycles. The summed E-state index contributed by atoms with van der Waals surface area (Å²) in [7, 11) is 0. The van der Waals surface area contributed by atoms with Crippen molar-refractivity contribution in [2.24, 2.45) is 5.41 Å². The lowest BCUT2D eigenvalue weighted by Gasteiger charge is -2.64. The van der Waals surface area contributed by atoms with Gasteiger partial charge in [0.25, 0.3) is 0 Å². The van der Waals surface area contributed by atoms with Gasteiger partial charge in [0.1, 0.15) is 0 Å². The molecule has 1 aliphatic carbocycles. The van der Waals surface area contributed by atoms with Crippen molar-refractivity contribution in [1.82, 2.24) is 9.80 Å². The Morgan fingerprint density at radius 3 is 2.42 bits per heavy atom. The maximum Gasteiger partial charge on any atom is 0.236 e. The zero-order valence-electron chi connectivity index (χ0n) is 14.2. The summed E-state index contributed by atoms with van der Waals surface area (Å²) in [5, 5.41) is 17.6. The average molecular weight is 330 g/mol. The molecule has 6 heteroatoms. The van der Waals surface area contributed by atoms with Gasteiger partial charge in [-0.25, -0.2) is 0 Å². The predicted molar refractivity (Wildman–Crippen MR) is 87.7 cm³/mol. The number of carbonyl (C=O) groups excluding carboxylic acids is 1. The third-order valence-electron chi connectivity index (χ3n) is 5.88. The van der Waals surface area contributed by atoms with E-state index in [1.165, 1.54) is 19.3 Å². The fourth-order valence-electron chi connectivity index (χ4n) is 4.60. The van der Waals surface area contributed by atoms with Crippen LogP contribution in [0.1, 0.15) is 44.9 Å². The second-order valence-corrected chi connectivity index (χ2v) is 7.31. The van der Waals surface area contributed by atoms with Gasteiger partial charge >= 0.3 is 0 Å². The molecule has 1 amide bonds. The Hall–Kier alpha value is -1.63. The Balaban J connectivity index is 1.59. The van der Waals surface area contributed by atoms with Gasteiger partial charge in [-0.05, 0) is 25.7 Å². The zero-order chi connectivity index (χ0) is 17.0. The molecule has 6 nitrogen and oxygen atoms in total. The van der Waals surface area contributed by atoms with Crippen molar-refractivity contribution in [2.75, 3.05) is 32.8 Å². The maximum absolute atomic E-state index is 12.7. The number of hydrogen-bond acceptors (Lipinski definition) is 5. The summed E-state index contributed by atoms with van der Waals surface area (Å²) < 4.78 is 5.94. The Morgan fingerprint density at radius 2 is 1.92 bits per heavy atom. The second-order valence-electron chi connectivity index (χ2n) is 7.31. The normalized spacial score (nSPS) is 27.8. The van der Waals surface area contributed by atoms with Crippen molar-refractivity contribution < 1.29 is 9.53 Å². The maximum atomic E-state index is 12.7. The highest BCUT2D eigenvalue weighted by atomic mass is 16.5. The molecular weight excluding hydrogens is 304 g/mol. The largest absolute Gasteiger partial charge is 0.377 e. The van der Waals surface area contributed by atoms with Crippen molar-refractivity contribution in [3.63, 3.8) is 0 Å². The minimum Gasteiger partial charge on any atom is -0.377 e. The van der Waals surface area contributed by atoms with Crippen molar-refractivity contribution in [3.05, 3.63) is 0 Å². The first-order chi connectivity index (χ1) is 11.7. The van der Waals surface area contributed by atoms with Gasteiger partial charge in [0.15, 0.2) is 0 Å². The fraction of sp³-hybridized carbons (Fsp3) is 0.833. The van der Waals surface area contributed by atoms with E-state index >= 15 is 0 Å². The first-order valence-electron chi connectivity index (χ1n) is 9.07. The van der Waals surface area contributed by atoms with E-state index in [1.54, 1.807) is 4.90 Å². The van der Waals surface area contributed by atoms with Crippen LogP contribution < -0.4 is 0 Å². The number of amides is 1. The van der Waals surface area contributed by atoms with Crippen molar-refractivity contribution >= 4 is 5.91 Å². The number of nitrogens with zero attached hydrogens (tertiary/aromatic N) is 4. The summed E-state index contributed by atoms with van der Waals surface area (Å²) in [6.45, 7) is 3.06. The van der Waals surface area contributed by atoms with Crippen molar-refractivity contribution in [3.8, 4) is 12.1 Å². The summed E-state index contributed by atoms with van der Waals surface area (Å²) in [6, 6.07) is 4.55. The van der Waals surface area contributed by atoms with Crippen LogP contribution in [0, 0.1) is 28.1 Å². The van der Waals surface area contributed by atoms with Gasteiger partial charge < -0.3 is 9.64 Å². The van der Waals surface area contributed by atoms with Gasteiger partial charge in [-0.15, -0.1) is 0 Å². The number of ether oxygens (including phenoxy) is 1. The molecule has 0 aromatic heterocycles. The highest BCUT2D eigenvalue weighted by molar-refractivity contribution is 5.78. The monoisotopic (exact) mass is 330 g/mol. The smallest absolute Gasteiger partial charge is 0.236 e. The molecule has 24 heavy (non-hydrogen) atoms. The van der Waals surface area contributed by atoms with Crippen LogP contribution >= 0.6 is 0 Å². The molecule has 1 spiro atoms. The van der Waals surface area contributed by atoms with Gasteiger partial charge in [0.2, 0.25) is 5.91 Å². The molecule has 3 rings (SSSR count). The van der Waals surface area contributed by atoms with E-state index in [-0.39, 0.29) is 12.0 Å². The molecule has 3 fully saturated rings. The summed E-state index contributed by atoms with van der Waals surface area (Å²) in [5.74, 6) is 0.0395. The minimum atomic E-state index is 0.0395. The minimum absolute atomic E-state index is 0.0395. The number of nitriles is 2. The molecule has 2 unspecified atom stereocenters. The molecule has 3 aliphatic rings. The Labute approximate surface area is 144 Å². The van der Waals surface area contributed by atoms with Crippen LogP contribution in [0.25, 0.3) is 0 Å². The first kappa shape index (κ1) is 17.2. The Kier molecular flexibility index (Phi) is 5.38. The van der Waals surface area contributed by atoms with E-state index in [0.717, 1.165) is 26.0 Å². The lowest BCUT2D eigenvalue weighted by atomic mass is 9.56. The molecule has 0 aromatic rings. The summed E-state index contributed by atoms with van der Waals surface area (Å²) in [5.41, 5.74) is 0.388. The first-order valence-corrected chi connectivity index (χ1v) is 9.07. The predicted octanol–water partition coefficient (Wildman–Crippen LogP) is 1.68. The van der Waals surface area contributed by atoms with E-state index in [1.807, 2.05) is 0 Å². The Bertz CT molecular complexity index is 522. The lowest BCUT2D eigenvalue weighted by Crippen LogP contribution is -2.72. The fourth-order valence-corrected chi connectivity index (χ4v) is 4.60. The second kappa shape index (κ2) is 7.51. The number of likely N-dealkylation sites (tertiary alicyclic amines) is 1. The third kappa shape index (κ3) is 3.27. The highest BCUT2D eigenvalue weighted by Gasteiger charge is 2.59. The van der Waals surface area contributed by atoms with Crippen LogP contribution in [0.4, 0.5) is 0 Å². The van der Waals surface area contributed by atoms with Crippen LogP contribution in [0.15, 0.2) is 0 Å². The molecule has 0 aromatic carbocycles. The van der Waals surface area contributed by atoms with Crippen LogP contribution in [0.3, 0.4) is 0 Å². The van der Waals surface area contributed by atoms with E-state index in [0.29, 0.717) is 43.9 Å². The quantitative estimate of drug-likeness (QED) is 0.709. The molecule has 0 bridgehead atoms. The molecule has 2 aliphatic heterocycles. The summed E-state index contributed by atoms with van der Waals surface area (Å²) in [6.07, 6.45) is 6.94. The average Bonchev–Trinajstić information content (AvgIpc) is 3.02.